The summed E-state index contributed by atoms with van der Waals surface area (Å²) in [7, 11) is 1.51. The van der Waals surface area contributed by atoms with Gasteiger partial charge in [-0.25, -0.2) is 4.79 Å². The van der Waals surface area contributed by atoms with Gasteiger partial charge in [0, 0.05) is 23.2 Å². The van der Waals surface area contributed by atoms with Crippen molar-refractivity contribution in [2.75, 3.05) is 37.6 Å². The Hall–Kier alpha value is -2.80. The third-order valence-corrected chi connectivity index (χ3v) is 4.30. The van der Waals surface area contributed by atoms with Crippen LogP contribution in [0.1, 0.15) is 26.3 Å². The molecule has 2 aromatic rings. The predicted molar refractivity (Wildman–Crippen MR) is 115 cm³/mol. The molecule has 0 bridgehead atoms. The number of benzene rings is 2. The van der Waals surface area contributed by atoms with Crippen LogP contribution in [0, 0.1) is 6.92 Å². The Kier molecular flexibility index (Phi) is 8.27. The molecule has 158 valence electrons. The van der Waals surface area contributed by atoms with Gasteiger partial charge >= 0.3 is 6.03 Å². The van der Waals surface area contributed by atoms with Crippen molar-refractivity contribution in [1.82, 2.24) is 0 Å². The van der Waals surface area contributed by atoms with Gasteiger partial charge in [0.05, 0.1) is 38.3 Å². The summed E-state index contributed by atoms with van der Waals surface area (Å²) in [6.45, 7) is 8.83. The number of urea groups is 1. The molecule has 0 aliphatic rings. The summed E-state index contributed by atoms with van der Waals surface area (Å²) in [5, 5.41) is 6.12. The van der Waals surface area contributed by atoms with E-state index in [0.29, 0.717) is 59.2 Å². The maximum Gasteiger partial charge on any atom is 0.323 e. The summed E-state index contributed by atoms with van der Waals surface area (Å²) in [4.78, 5) is 12.6. The molecule has 2 aromatic carbocycles. The minimum absolute atomic E-state index is 0.445. The first-order valence-electron chi connectivity index (χ1n) is 9.41. The Labute approximate surface area is 176 Å². The van der Waals surface area contributed by atoms with Crippen molar-refractivity contribution in [2.45, 2.75) is 27.7 Å². The van der Waals surface area contributed by atoms with Crippen LogP contribution in [0.2, 0.25) is 5.02 Å². The number of nitrogens with one attached hydrogen (secondary N) is 2. The Morgan fingerprint density at radius 1 is 0.897 bits per heavy atom. The van der Waals surface area contributed by atoms with Crippen LogP contribution in [0.4, 0.5) is 16.2 Å². The molecule has 0 atom stereocenters. The maximum atomic E-state index is 12.6. The van der Waals surface area contributed by atoms with E-state index in [1.807, 2.05) is 27.7 Å². The zero-order valence-corrected chi connectivity index (χ0v) is 18.1. The molecule has 2 N–H and O–H groups in total. The van der Waals surface area contributed by atoms with E-state index in [1.54, 1.807) is 24.3 Å². The van der Waals surface area contributed by atoms with Crippen molar-refractivity contribution in [3.8, 4) is 23.0 Å². The minimum Gasteiger partial charge on any atom is -0.495 e. The first-order valence-corrected chi connectivity index (χ1v) is 9.79. The van der Waals surface area contributed by atoms with E-state index in [0.717, 1.165) is 5.56 Å². The van der Waals surface area contributed by atoms with Crippen molar-refractivity contribution in [1.29, 1.82) is 0 Å². The number of carbonyl (C=O) groups excluding carboxylic acids is 1. The monoisotopic (exact) mass is 422 g/mol. The van der Waals surface area contributed by atoms with E-state index in [-0.39, 0.29) is 0 Å². The molecule has 0 aromatic heterocycles. The quantitative estimate of drug-likeness (QED) is 0.558. The van der Waals surface area contributed by atoms with Crippen LogP contribution >= 0.6 is 11.6 Å². The third-order valence-electron chi connectivity index (χ3n) is 3.90. The average molecular weight is 423 g/mol. The smallest absolute Gasteiger partial charge is 0.323 e. The number of anilines is 2. The van der Waals surface area contributed by atoms with E-state index >= 15 is 0 Å². The first-order chi connectivity index (χ1) is 13.9. The molecule has 0 fully saturated rings. The molecule has 0 aliphatic heterocycles. The highest BCUT2D eigenvalue weighted by molar-refractivity contribution is 6.31. The topological polar surface area (TPSA) is 78.1 Å². The lowest BCUT2D eigenvalue weighted by Crippen LogP contribution is -2.20. The number of hydrogen-bond acceptors (Lipinski definition) is 5. The first kappa shape index (κ1) is 22.5. The number of rotatable bonds is 9. The van der Waals surface area contributed by atoms with Crippen LogP contribution in [-0.2, 0) is 0 Å². The van der Waals surface area contributed by atoms with E-state index in [1.165, 1.54) is 7.11 Å². The van der Waals surface area contributed by atoms with Crippen molar-refractivity contribution in [2.24, 2.45) is 0 Å². The second-order valence-electron chi connectivity index (χ2n) is 5.98. The molecular weight excluding hydrogens is 396 g/mol. The summed E-state index contributed by atoms with van der Waals surface area (Å²) >= 11 is 6.12. The van der Waals surface area contributed by atoms with Gasteiger partial charge in [-0.05, 0) is 39.3 Å². The molecule has 0 heterocycles. The van der Waals surface area contributed by atoms with Gasteiger partial charge in [0.1, 0.15) is 5.75 Å². The maximum absolute atomic E-state index is 12.6. The molecule has 0 radical (unpaired) electrons. The number of methoxy groups -OCH3 is 1. The molecule has 2 amide bonds. The average Bonchev–Trinajstić information content (AvgIpc) is 2.67. The van der Waals surface area contributed by atoms with Gasteiger partial charge in [0.25, 0.3) is 0 Å². The fourth-order valence-corrected chi connectivity index (χ4v) is 2.83. The van der Waals surface area contributed by atoms with Crippen LogP contribution in [0.25, 0.3) is 0 Å². The number of amides is 2. The number of halogens is 1. The molecule has 0 spiro atoms. The van der Waals surface area contributed by atoms with Gasteiger partial charge in [0.2, 0.25) is 5.75 Å². The van der Waals surface area contributed by atoms with Gasteiger partial charge in [0.15, 0.2) is 11.5 Å². The fourth-order valence-electron chi connectivity index (χ4n) is 2.68. The summed E-state index contributed by atoms with van der Waals surface area (Å²) in [6, 6.07) is 6.35. The van der Waals surface area contributed by atoms with Crippen molar-refractivity contribution in [3.05, 3.63) is 34.9 Å². The van der Waals surface area contributed by atoms with E-state index in [4.69, 9.17) is 30.5 Å². The van der Waals surface area contributed by atoms with Crippen LogP contribution in [-0.4, -0.2) is 33.0 Å². The van der Waals surface area contributed by atoms with Crippen molar-refractivity contribution >= 4 is 29.0 Å². The molecular formula is C21H27ClN2O5. The second-order valence-corrected chi connectivity index (χ2v) is 6.39. The van der Waals surface area contributed by atoms with E-state index in [2.05, 4.69) is 10.6 Å². The lowest BCUT2D eigenvalue weighted by molar-refractivity contribution is 0.260. The molecule has 0 aliphatic carbocycles. The lowest BCUT2D eigenvalue weighted by atomic mass is 10.2. The van der Waals surface area contributed by atoms with Gasteiger partial charge in [-0.1, -0.05) is 11.6 Å². The number of ether oxygens (including phenoxy) is 4. The van der Waals surface area contributed by atoms with Gasteiger partial charge in [-0.3, -0.25) is 0 Å². The predicted octanol–water partition coefficient (Wildman–Crippen LogP) is 5.50. The summed E-state index contributed by atoms with van der Waals surface area (Å²) < 4.78 is 22.3. The molecule has 0 saturated carbocycles. The standard InChI is InChI=1S/C21H27ClN2O5/c1-6-27-18-10-14(11-19(28-7-2)20(18)29-8-3)23-21(25)24-16-9-13(4)15(22)12-17(16)26-5/h9-12H,6-8H2,1-5H3,(H2,23,24,25). The lowest BCUT2D eigenvalue weighted by Gasteiger charge is -2.18. The molecule has 2 rings (SSSR count). The van der Waals surface area contributed by atoms with Crippen LogP contribution in [0.5, 0.6) is 23.0 Å². The number of carbonyl (C=O) groups is 1. The van der Waals surface area contributed by atoms with E-state index < -0.39 is 6.03 Å². The van der Waals surface area contributed by atoms with Crippen molar-refractivity contribution < 1.29 is 23.7 Å². The van der Waals surface area contributed by atoms with Gasteiger partial charge in [-0.2, -0.15) is 0 Å². The van der Waals surface area contributed by atoms with Crippen LogP contribution in [0.15, 0.2) is 24.3 Å². The van der Waals surface area contributed by atoms with E-state index in [9.17, 15) is 4.79 Å². The highest BCUT2D eigenvalue weighted by Gasteiger charge is 2.17. The van der Waals surface area contributed by atoms with Gasteiger partial charge in [-0.15, -0.1) is 0 Å². The molecule has 8 heteroatoms. The summed E-state index contributed by atoms with van der Waals surface area (Å²) in [6.07, 6.45) is 0. The second kappa shape index (κ2) is 10.7. The normalized spacial score (nSPS) is 10.3. The highest BCUT2D eigenvalue weighted by Crippen LogP contribution is 2.41. The Balaban J connectivity index is 2.28. The highest BCUT2D eigenvalue weighted by atomic mass is 35.5. The zero-order valence-electron chi connectivity index (χ0n) is 17.3. The van der Waals surface area contributed by atoms with Crippen LogP contribution < -0.4 is 29.6 Å². The molecule has 0 saturated heterocycles. The zero-order chi connectivity index (χ0) is 21.4. The summed E-state index contributed by atoms with van der Waals surface area (Å²) in [5.41, 5.74) is 1.83. The summed E-state index contributed by atoms with van der Waals surface area (Å²) in [5.74, 6) is 1.97. The van der Waals surface area contributed by atoms with Gasteiger partial charge < -0.3 is 29.6 Å². The molecule has 29 heavy (non-hydrogen) atoms. The largest absolute Gasteiger partial charge is 0.495 e. The Morgan fingerprint density at radius 3 is 2.00 bits per heavy atom. The van der Waals surface area contributed by atoms with Crippen LogP contribution in [0.3, 0.4) is 0 Å². The number of hydrogen-bond donors (Lipinski definition) is 2. The minimum atomic E-state index is -0.445. The third kappa shape index (κ3) is 5.84. The Morgan fingerprint density at radius 2 is 1.48 bits per heavy atom. The Bertz CT molecular complexity index is 830. The molecule has 0 unspecified atom stereocenters. The number of aryl methyl sites for hydroxylation is 1. The van der Waals surface area contributed by atoms with Crippen molar-refractivity contribution in [3.63, 3.8) is 0 Å². The molecule has 7 nitrogen and oxygen atoms in total. The fraction of sp³-hybridized carbons (Fsp3) is 0.381. The SMILES string of the molecule is CCOc1cc(NC(=O)Nc2cc(C)c(Cl)cc2OC)cc(OCC)c1OCC.